The third kappa shape index (κ3) is 4.35. The van der Waals surface area contributed by atoms with Gasteiger partial charge in [-0.2, -0.15) is 0 Å². The number of aliphatic hydroxyl groups is 1. The third-order valence-corrected chi connectivity index (χ3v) is 5.26. The Morgan fingerprint density at radius 3 is 2.52 bits per heavy atom. The number of hydrogen-bond acceptors (Lipinski definition) is 7. The monoisotopic (exact) mass is 381 g/mol. The van der Waals surface area contributed by atoms with Crippen molar-refractivity contribution < 1.29 is 19.4 Å². The summed E-state index contributed by atoms with van der Waals surface area (Å²) in [6.45, 7) is 5.99. The van der Waals surface area contributed by atoms with Gasteiger partial charge >= 0.3 is 6.03 Å². The molecule has 2 fully saturated rings. The lowest BCUT2D eigenvalue weighted by atomic mass is 10.1. The van der Waals surface area contributed by atoms with Crippen LogP contribution in [0.1, 0.15) is 39.5 Å². The number of amides is 3. The van der Waals surface area contributed by atoms with Gasteiger partial charge in [0, 0.05) is 26.7 Å². The molecule has 0 aromatic heterocycles. The molecule has 3 aliphatic heterocycles. The topological polar surface area (TPSA) is 97.7 Å². The van der Waals surface area contributed by atoms with Gasteiger partial charge in [-0.05, 0) is 26.7 Å². The van der Waals surface area contributed by atoms with Crippen molar-refractivity contribution in [2.45, 2.75) is 63.9 Å². The molecule has 9 heteroatoms. The Hall–Kier alpha value is -1.87. The van der Waals surface area contributed by atoms with Gasteiger partial charge in [0.1, 0.15) is 0 Å². The van der Waals surface area contributed by atoms with E-state index in [-0.39, 0.29) is 25.2 Å². The van der Waals surface area contributed by atoms with Crippen LogP contribution in [0.2, 0.25) is 0 Å². The number of imide groups is 1. The van der Waals surface area contributed by atoms with Gasteiger partial charge < -0.3 is 24.5 Å². The molecule has 152 valence electrons. The van der Waals surface area contributed by atoms with E-state index in [0.717, 1.165) is 25.9 Å². The molecule has 0 radical (unpaired) electrons. The number of aliphatic imine (C=N–C) groups is 1. The maximum atomic E-state index is 12.6. The first kappa shape index (κ1) is 19.9. The van der Waals surface area contributed by atoms with Crippen molar-refractivity contribution in [1.82, 2.24) is 20.0 Å². The van der Waals surface area contributed by atoms with Crippen molar-refractivity contribution in [2.24, 2.45) is 4.99 Å². The minimum atomic E-state index is -0.751. The van der Waals surface area contributed by atoms with Crippen LogP contribution in [0, 0.1) is 0 Å². The number of carbonyl (C=O) groups excluding carboxylic acids is 2. The van der Waals surface area contributed by atoms with Crippen LogP contribution in [0.4, 0.5) is 4.79 Å². The molecule has 3 rings (SSSR count). The van der Waals surface area contributed by atoms with Crippen LogP contribution in [-0.4, -0.2) is 95.4 Å². The van der Waals surface area contributed by atoms with Crippen LogP contribution >= 0.6 is 0 Å². The number of likely N-dealkylation sites (tertiary alicyclic amines) is 1. The van der Waals surface area contributed by atoms with Gasteiger partial charge in [0.2, 0.25) is 0 Å². The molecule has 0 aliphatic carbocycles. The van der Waals surface area contributed by atoms with Crippen LogP contribution in [0.25, 0.3) is 0 Å². The van der Waals surface area contributed by atoms with E-state index in [1.807, 2.05) is 18.7 Å². The molecule has 3 heterocycles. The zero-order valence-corrected chi connectivity index (χ0v) is 16.4. The third-order valence-electron chi connectivity index (χ3n) is 5.26. The number of carbonyl (C=O) groups is 2. The highest BCUT2D eigenvalue weighted by molar-refractivity contribution is 6.03. The maximum absolute atomic E-state index is 12.6. The molecule has 27 heavy (non-hydrogen) atoms. The number of ether oxygens (including phenoxy) is 1. The highest BCUT2D eigenvalue weighted by Gasteiger charge is 2.50. The molecule has 2 saturated heterocycles. The second-order valence-corrected chi connectivity index (χ2v) is 7.78. The van der Waals surface area contributed by atoms with Gasteiger partial charge in [0.15, 0.2) is 18.2 Å². The van der Waals surface area contributed by atoms with Gasteiger partial charge in [-0.25, -0.2) is 9.79 Å². The zero-order chi connectivity index (χ0) is 19.6. The number of aliphatic hydroxyl groups excluding tert-OH is 1. The van der Waals surface area contributed by atoms with Gasteiger partial charge in [-0.1, -0.05) is 12.8 Å². The molecule has 0 spiro atoms. The predicted molar refractivity (Wildman–Crippen MR) is 100 cm³/mol. The second-order valence-electron chi connectivity index (χ2n) is 7.78. The van der Waals surface area contributed by atoms with E-state index in [0.29, 0.717) is 5.96 Å². The fourth-order valence-corrected chi connectivity index (χ4v) is 3.82. The fraction of sp³-hybridized carbons (Fsp3) is 0.833. The maximum Gasteiger partial charge on any atom is 0.325 e. The average Bonchev–Trinajstić information content (AvgIpc) is 2.80. The molecule has 3 atom stereocenters. The Labute approximate surface area is 160 Å². The molecule has 0 aromatic rings. The lowest BCUT2D eigenvalue weighted by Gasteiger charge is -2.38. The van der Waals surface area contributed by atoms with Crippen molar-refractivity contribution in [1.29, 1.82) is 0 Å². The molecular weight excluding hydrogens is 350 g/mol. The molecule has 3 aliphatic rings. The smallest absolute Gasteiger partial charge is 0.325 e. The SMILES string of the molecule is CC(C)OCC(O)CN1C(N2CCCCCC2)=NC2C1C(=O)NC(=O)N2C. The van der Waals surface area contributed by atoms with Crippen molar-refractivity contribution >= 4 is 17.9 Å². The summed E-state index contributed by atoms with van der Waals surface area (Å²) < 4.78 is 5.52. The molecule has 0 bridgehead atoms. The van der Waals surface area contributed by atoms with Crippen LogP contribution in [-0.2, 0) is 9.53 Å². The normalized spacial score (nSPS) is 27.4. The molecule has 0 aromatic carbocycles. The highest BCUT2D eigenvalue weighted by atomic mass is 16.5. The number of urea groups is 1. The summed E-state index contributed by atoms with van der Waals surface area (Å²) in [4.78, 5) is 34.8. The van der Waals surface area contributed by atoms with Gasteiger partial charge in [-0.15, -0.1) is 0 Å². The summed E-state index contributed by atoms with van der Waals surface area (Å²) in [5, 5.41) is 12.9. The molecular formula is C18H31N5O4. The number of nitrogens with one attached hydrogen (secondary N) is 1. The zero-order valence-electron chi connectivity index (χ0n) is 16.4. The van der Waals surface area contributed by atoms with E-state index in [9.17, 15) is 14.7 Å². The summed E-state index contributed by atoms with van der Waals surface area (Å²) in [7, 11) is 1.64. The first-order valence-electron chi connectivity index (χ1n) is 9.85. The summed E-state index contributed by atoms with van der Waals surface area (Å²) in [5.41, 5.74) is 0. The fourth-order valence-electron chi connectivity index (χ4n) is 3.82. The minimum Gasteiger partial charge on any atom is -0.389 e. The Morgan fingerprint density at radius 2 is 1.89 bits per heavy atom. The van der Waals surface area contributed by atoms with Crippen molar-refractivity contribution in [3.8, 4) is 0 Å². The number of likely N-dealkylation sites (N-methyl/N-ethyl adjacent to an activating group) is 1. The highest BCUT2D eigenvalue weighted by Crippen LogP contribution is 2.27. The quantitative estimate of drug-likeness (QED) is 0.706. The summed E-state index contributed by atoms with van der Waals surface area (Å²) in [5.74, 6) is 0.334. The molecule has 0 saturated carbocycles. The lowest BCUT2D eigenvalue weighted by Crippen LogP contribution is -2.65. The molecule has 9 nitrogen and oxygen atoms in total. The van der Waals surface area contributed by atoms with Crippen LogP contribution in [0.15, 0.2) is 4.99 Å². The number of β-amino-alcohol motifs (C(OH)–C–C–N with tert-alkyl or cyclic N) is 1. The van der Waals surface area contributed by atoms with E-state index in [2.05, 4.69) is 10.2 Å². The number of fused-ring (bicyclic) bond motifs is 1. The number of nitrogens with zero attached hydrogens (tertiary/aromatic N) is 4. The van der Waals surface area contributed by atoms with E-state index in [1.165, 1.54) is 17.7 Å². The Kier molecular flexibility index (Phi) is 6.21. The molecule has 2 N–H and O–H groups in total. The van der Waals surface area contributed by atoms with E-state index in [1.54, 1.807) is 7.05 Å². The van der Waals surface area contributed by atoms with Crippen LogP contribution in [0.3, 0.4) is 0 Å². The van der Waals surface area contributed by atoms with Gasteiger partial charge in [0.05, 0.1) is 18.8 Å². The summed E-state index contributed by atoms with van der Waals surface area (Å²) in [6, 6.07) is -1.06. The average molecular weight is 381 g/mol. The van der Waals surface area contributed by atoms with E-state index >= 15 is 0 Å². The first-order chi connectivity index (χ1) is 12.9. The second kappa shape index (κ2) is 8.43. The van der Waals surface area contributed by atoms with Crippen LogP contribution < -0.4 is 5.32 Å². The first-order valence-corrected chi connectivity index (χ1v) is 9.85. The predicted octanol–water partition coefficient (Wildman–Crippen LogP) is 0.196. The molecule has 3 amide bonds. The number of guanidine groups is 1. The van der Waals surface area contributed by atoms with E-state index in [4.69, 9.17) is 9.73 Å². The largest absolute Gasteiger partial charge is 0.389 e. The number of rotatable bonds is 5. The Morgan fingerprint density at radius 1 is 1.22 bits per heavy atom. The summed E-state index contributed by atoms with van der Waals surface area (Å²) >= 11 is 0. The minimum absolute atomic E-state index is 0.0199. The summed E-state index contributed by atoms with van der Waals surface area (Å²) in [6.07, 6.45) is 3.21. The van der Waals surface area contributed by atoms with Crippen LogP contribution in [0.5, 0.6) is 0 Å². The van der Waals surface area contributed by atoms with Crippen molar-refractivity contribution in [2.75, 3.05) is 33.3 Å². The van der Waals surface area contributed by atoms with Gasteiger partial charge in [-0.3, -0.25) is 10.1 Å². The number of hydrogen-bond donors (Lipinski definition) is 2. The Balaban J connectivity index is 1.82. The van der Waals surface area contributed by atoms with Crippen molar-refractivity contribution in [3.63, 3.8) is 0 Å². The van der Waals surface area contributed by atoms with Crippen molar-refractivity contribution in [3.05, 3.63) is 0 Å². The molecule has 3 unspecified atom stereocenters. The lowest BCUT2D eigenvalue weighted by molar-refractivity contribution is -0.127. The Bertz CT molecular complexity index is 588. The van der Waals surface area contributed by atoms with E-state index < -0.39 is 24.3 Å². The van der Waals surface area contributed by atoms with Gasteiger partial charge in [0.25, 0.3) is 5.91 Å². The standard InChI is InChI=1S/C18H31N5O4/c1-12(2)27-11-13(24)10-23-14-15(21(3)18(26)20-16(14)25)19-17(23)22-8-6-4-5-7-9-22/h12-15,24H,4-11H2,1-3H3,(H,20,25,26).